The normalized spacial score (nSPS) is 14.9. The molecule has 1 aromatic carbocycles. The first-order chi connectivity index (χ1) is 13.6. The number of rotatable bonds is 5. The van der Waals surface area contributed by atoms with E-state index in [0.29, 0.717) is 17.8 Å². The van der Waals surface area contributed by atoms with Gasteiger partial charge in [-0.25, -0.2) is 0 Å². The first-order valence-corrected chi connectivity index (χ1v) is 9.89. The maximum absolute atomic E-state index is 13.2. The first kappa shape index (κ1) is 18.9. The quantitative estimate of drug-likeness (QED) is 0.566. The third-order valence-electron chi connectivity index (χ3n) is 4.70. The van der Waals surface area contributed by atoms with Crippen LogP contribution < -0.4 is 0 Å². The molecule has 0 amide bonds. The SMILES string of the molecule is Cc1nnc(CN2CCOCC2)n1-c1ccc(Br)cc1C(=O)c1ccccn1. The maximum atomic E-state index is 13.2. The Kier molecular flexibility index (Phi) is 5.61. The van der Waals surface area contributed by atoms with E-state index in [-0.39, 0.29) is 5.78 Å². The van der Waals surface area contributed by atoms with Gasteiger partial charge >= 0.3 is 0 Å². The molecule has 1 aliphatic rings. The average molecular weight is 442 g/mol. The molecule has 1 saturated heterocycles. The number of ether oxygens (including phenoxy) is 1. The van der Waals surface area contributed by atoms with Crippen molar-refractivity contribution in [3.63, 3.8) is 0 Å². The third-order valence-corrected chi connectivity index (χ3v) is 5.20. The lowest BCUT2D eigenvalue weighted by Crippen LogP contribution is -2.36. The molecule has 0 saturated carbocycles. The van der Waals surface area contributed by atoms with Crippen LogP contribution in [0.3, 0.4) is 0 Å². The second-order valence-corrected chi connectivity index (χ2v) is 7.51. The van der Waals surface area contributed by atoms with Crippen LogP contribution in [0.2, 0.25) is 0 Å². The number of carbonyl (C=O) groups excluding carboxylic acids is 1. The van der Waals surface area contributed by atoms with Crippen LogP contribution in [0.5, 0.6) is 0 Å². The standard InChI is InChI=1S/C20H20BrN5O2/c1-14-23-24-19(13-25-8-10-28-11-9-25)26(14)18-6-5-15(21)12-16(18)20(27)17-4-2-3-7-22-17/h2-7,12H,8-11,13H2,1H3. The fourth-order valence-corrected chi connectivity index (χ4v) is 3.66. The second-order valence-electron chi connectivity index (χ2n) is 6.59. The van der Waals surface area contributed by atoms with Gasteiger partial charge in [0.25, 0.3) is 0 Å². The van der Waals surface area contributed by atoms with Crippen LogP contribution in [-0.2, 0) is 11.3 Å². The summed E-state index contributed by atoms with van der Waals surface area (Å²) in [6.45, 7) is 5.69. The van der Waals surface area contributed by atoms with E-state index in [4.69, 9.17) is 4.74 Å². The summed E-state index contributed by atoms with van der Waals surface area (Å²) in [5.74, 6) is 1.40. The van der Waals surface area contributed by atoms with Gasteiger partial charge in [-0.2, -0.15) is 0 Å². The Labute approximate surface area is 171 Å². The van der Waals surface area contributed by atoms with Gasteiger partial charge in [-0.1, -0.05) is 22.0 Å². The van der Waals surface area contributed by atoms with Crippen LogP contribution >= 0.6 is 15.9 Å². The number of carbonyl (C=O) groups is 1. The number of hydrogen-bond acceptors (Lipinski definition) is 6. The maximum Gasteiger partial charge on any atom is 0.213 e. The molecule has 0 atom stereocenters. The summed E-state index contributed by atoms with van der Waals surface area (Å²) in [5.41, 5.74) is 1.71. The highest BCUT2D eigenvalue weighted by atomic mass is 79.9. The van der Waals surface area contributed by atoms with Crippen molar-refractivity contribution in [2.24, 2.45) is 0 Å². The molecule has 8 heteroatoms. The van der Waals surface area contributed by atoms with Gasteiger partial charge in [0.1, 0.15) is 11.5 Å². The Morgan fingerprint density at radius 2 is 2.00 bits per heavy atom. The predicted octanol–water partition coefficient (Wildman–Crippen LogP) is 2.80. The third kappa shape index (κ3) is 3.89. The van der Waals surface area contributed by atoms with Gasteiger partial charge in [-0.15, -0.1) is 10.2 Å². The highest BCUT2D eigenvalue weighted by Crippen LogP contribution is 2.25. The Bertz CT molecular complexity index is 984. The first-order valence-electron chi connectivity index (χ1n) is 9.10. The fourth-order valence-electron chi connectivity index (χ4n) is 3.30. The lowest BCUT2D eigenvalue weighted by Gasteiger charge is -2.26. The number of halogens is 1. The molecule has 4 rings (SSSR count). The molecule has 1 aliphatic heterocycles. The number of morpholine rings is 1. The Morgan fingerprint density at radius 3 is 2.75 bits per heavy atom. The molecular formula is C20H20BrN5O2. The van der Waals surface area contributed by atoms with E-state index in [1.807, 2.05) is 35.8 Å². The smallest absolute Gasteiger partial charge is 0.213 e. The van der Waals surface area contributed by atoms with E-state index in [0.717, 1.165) is 48.1 Å². The Balaban J connectivity index is 1.76. The van der Waals surface area contributed by atoms with Crippen LogP contribution in [0.15, 0.2) is 47.1 Å². The molecular weight excluding hydrogens is 422 g/mol. The summed E-state index contributed by atoms with van der Waals surface area (Å²) >= 11 is 3.48. The zero-order valence-corrected chi connectivity index (χ0v) is 17.1. The largest absolute Gasteiger partial charge is 0.379 e. The molecule has 144 valence electrons. The number of aromatic nitrogens is 4. The van der Waals surface area contributed by atoms with E-state index in [2.05, 4.69) is 36.0 Å². The number of ketones is 1. The minimum absolute atomic E-state index is 0.137. The Hall–Kier alpha value is -2.42. The molecule has 3 heterocycles. The molecule has 0 bridgehead atoms. The van der Waals surface area contributed by atoms with Crippen molar-refractivity contribution in [2.75, 3.05) is 26.3 Å². The summed E-state index contributed by atoms with van der Waals surface area (Å²) in [6, 6.07) is 11.0. The van der Waals surface area contributed by atoms with Crippen molar-refractivity contribution in [3.05, 3.63) is 70.0 Å². The highest BCUT2D eigenvalue weighted by molar-refractivity contribution is 9.10. The molecule has 0 aliphatic carbocycles. The number of aryl methyl sites for hydroxylation is 1. The van der Waals surface area contributed by atoms with Crippen LogP contribution in [0.1, 0.15) is 27.7 Å². The van der Waals surface area contributed by atoms with Crippen LogP contribution in [0, 0.1) is 6.92 Å². The van der Waals surface area contributed by atoms with E-state index in [9.17, 15) is 4.79 Å². The summed E-state index contributed by atoms with van der Waals surface area (Å²) in [7, 11) is 0. The zero-order chi connectivity index (χ0) is 19.5. The molecule has 2 aromatic heterocycles. The topological polar surface area (TPSA) is 73.1 Å². The fraction of sp³-hybridized carbons (Fsp3) is 0.300. The van der Waals surface area contributed by atoms with Crippen molar-refractivity contribution in [2.45, 2.75) is 13.5 Å². The predicted molar refractivity (Wildman–Crippen MR) is 108 cm³/mol. The van der Waals surface area contributed by atoms with Gasteiger partial charge < -0.3 is 4.74 Å². The molecule has 3 aromatic rings. The minimum Gasteiger partial charge on any atom is -0.379 e. The van der Waals surface area contributed by atoms with Crippen molar-refractivity contribution < 1.29 is 9.53 Å². The second kappa shape index (κ2) is 8.30. The molecule has 28 heavy (non-hydrogen) atoms. The van der Waals surface area contributed by atoms with Crippen LogP contribution in [0.25, 0.3) is 5.69 Å². The number of nitrogens with zero attached hydrogens (tertiary/aromatic N) is 5. The number of pyridine rings is 1. The number of benzene rings is 1. The van der Waals surface area contributed by atoms with Gasteiger partial charge in [0.05, 0.1) is 25.4 Å². The molecule has 0 spiro atoms. The molecule has 7 nitrogen and oxygen atoms in total. The molecule has 0 unspecified atom stereocenters. The Morgan fingerprint density at radius 1 is 1.18 bits per heavy atom. The van der Waals surface area contributed by atoms with Gasteiger partial charge in [-0.3, -0.25) is 19.2 Å². The average Bonchev–Trinajstić information content (AvgIpc) is 3.09. The van der Waals surface area contributed by atoms with Gasteiger partial charge in [0.2, 0.25) is 5.78 Å². The lowest BCUT2D eigenvalue weighted by atomic mass is 10.0. The van der Waals surface area contributed by atoms with Gasteiger partial charge in [-0.05, 0) is 37.3 Å². The van der Waals surface area contributed by atoms with E-state index in [1.165, 1.54) is 0 Å². The molecule has 1 fully saturated rings. The van der Waals surface area contributed by atoms with Crippen LogP contribution in [-0.4, -0.2) is 56.7 Å². The summed E-state index contributed by atoms with van der Waals surface area (Å²) in [6.07, 6.45) is 1.62. The lowest BCUT2D eigenvalue weighted by molar-refractivity contribution is 0.0328. The zero-order valence-electron chi connectivity index (χ0n) is 15.5. The minimum atomic E-state index is -0.137. The van der Waals surface area contributed by atoms with Gasteiger partial charge in [0, 0.05) is 29.3 Å². The van der Waals surface area contributed by atoms with Crippen molar-refractivity contribution in [1.82, 2.24) is 24.6 Å². The molecule has 0 radical (unpaired) electrons. The van der Waals surface area contributed by atoms with E-state index in [1.54, 1.807) is 18.3 Å². The number of hydrogen-bond donors (Lipinski definition) is 0. The van der Waals surface area contributed by atoms with Crippen molar-refractivity contribution in [1.29, 1.82) is 0 Å². The summed E-state index contributed by atoms with van der Waals surface area (Å²) < 4.78 is 8.21. The summed E-state index contributed by atoms with van der Waals surface area (Å²) in [5, 5.41) is 8.64. The van der Waals surface area contributed by atoms with Crippen molar-refractivity contribution >= 4 is 21.7 Å². The molecule has 0 N–H and O–H groups in total. The van der Waals surface area contributed by atoms with Crippen LogP contribution in [0.4, 0.5) is 0 Å². The van der Waals surface area contributed by atoms with E-state index < -0.39 is 0 Å². The van der Waals surface area contributed by atoms with Gasteiger partial charge in [0.15, 0.2) is 5.82 Å². The van der Waals surface area contributed by atoms with E-state index >= 15 is 0 Å². The summed E-state index contributed by atoms with van der Waals surface area (Å²) in [4.78, 5) is 19.7. The van der Waals surface area contributed by atoms with Crippen molar-refractivity contribution in [3.8, 4) is 5.69 Å². The highest BCUT2D eigenvalue weighted by Gasteiger charge is 2.22. The monoisotopic (exact) mass is 441 g/mol.